The quantitative estimate of drug-likeness (QED) is 0.528. The summed E-state index contributed by atoms with van der Waals surface area (Å²) in [6, 6.07) is 0. The average molecular weight is 179 g/mol. The van der Waals surface area contributed by atoms with Crippen molar-refractivity contribution in [3.8, 4) is 0 Å². The molecule has 1 heterocycles. The minimum absolute atomic E-state index is 0.00347. The molecule has 1 aliphatic heterocycles. The monoisotopic (exact) mass is 179 g/mol. The topological polar surface area (TPSA) is 52.5 Å². The van der Waals surface area contributed by atoms with Gasteiger partial charge < -0.3 is 15.5 Å². The van der Waals surface area contributed by atoms with Crippen LogP contribution in [0.25, 0.3) is 0 Å². The van der Waals surface area contributed by atoms with E-state index >= 15 is 0 Å². The summed E-state index contributed by atoms with van der Waals surface area (Å²) < 4.78 is 12.6. The summed E-state index contributed by atoms with van der Waals surface area (Å²) in [6.07, 6.45) is -0.551. The average Bonchev–Trinajstić information content (AvgIpc) is 2.08. The zero-order valence-corrected chi connectivity index (χ0v) is 7.63. The van der Waals surface area contributed by atoms with Crippen LogP contribution in [0.3, 0.4) is 0 Å². The van der Waals surface area contributed by atoms with Gasteiger partial charge in [0.05, 0.1) is 6.10 Å². The highest BCUT2D eigenvalue weighted by atomic mass is 19.1. The first-order valence-corrected chi connectivity index (χ1v) is 4.17. The SMILES string of the molecule is CC(F)C1CNCC(O)C1.CO. The Hall–Kier alpha value is -0.190. The van der Waals surface area contributed by atoms with Crippen LogP contribution in [-0.4, -0.2) is 42.7 Å². The molecule has 0 aromatic carbocycles. The lowest BCUT2D eigenvalue weighted by Gasteiger charge is -2.27. The largest absolute Gasteiger partial charge is 0.400 e. The number of hydrogen-bond acceptors (Lipinski definition) is 3. The Kier molecular flexibility index (Phi) is 6.24. The van der Waals surface area contributed by atoms with Crippen molar-refractivity contribution < 1.29 is 14.6 Å². The van der Waals surface area contributed by atoms with E-state index < -0.39 is 6.17 Å². The number of piperidine rings is 1. The summed E-state index contributed by atoms with van der Waals surface area (Å²) in [4.78, 5) is 0. The van der Waals surface area contributed by atoms with Crippen LogP contribution in [0.4, 0.5) is 4.39 Å². The maximum absolute atomic E-state index is 12.6. The van der Waals surface area contributed by atoms with E-state index in [1.807, 2.05) is 0 Å². The highest BCUT2D eigenvalue weighted by molar-refractivity contribution is 4.78. The number of alkyl halides is 1. The molecule has 12 heavy (non-hydrogen) atoms. The Bertz CT molecular complexity index is 111. The molecule has 1 aliphatic rings. The van der Waals surface area contributed by atoms with Crippen LogP contribution in [0, 0.1) is 5.92 Å². The van der Waals surface area contributed by atoms with Gasteiger partial charge in [0.2, 0.25) is 0 Å². The van der Waals surface area contributed by atoms with Gasteiger partial charge in [-0.05, 0) is 13.3 Å². The summed E-state index contributed by atoms with van der Waals surface area (Å²) in [5, 5.41) is 19.1. The van der Waals surface area contributed by atoms with E-state index in [-0.39, 0.29) is 12.0 Å². The van der Waals surface area contributed by atoms with Crippen molar-refractivity contribution >= 4 is 0 Å². The number of aliphatic hydroxyl groups excluding tert-OH is 2. The fourth-order valence-electron chi connectivity index (χ4n) is 1.30. The van der Waals surface area contributed by atoms with Crippen molar-refractivity contribution in [2.24, 2.45) is 5.92 Å². The van der Waals surface area contributed by atoms with Crippen LogP contribution < -0.4 is 5.32 Å². The molecular formula is C8H18FNO2. The van der Waals surface area contributed by atoms with Gasteiger partial charge in [0.15, 0.2) is 0 Å². The summed E-state index contributed by atoms with van der Waals surface area (Å²) >= 11 is 0. The maximum atomic E-state index is 12.6. The summed E-state index contributed by atoms with van der Waals surface area (Å²) in [6.45, 7) is 2.86. The molecule has 0 radical (unpaired) electrons. The molecular weight excluding hydrogens is 161 g/mol. The standard InChI is InChI=1S/C7H14FNO.CH4O/c1-5(8)6-2-7(10)4-9-3-6;1-2/h5-7,9-10H,2-4H2,1H3;2H,1H3. The lowest BCUT2D eigenvalue weighted by Crippen LogP contribution is -2.42. The van der Waals surface area contributed by atoms with Gasteiger partial charge in [-0.3, -0.25) is 0 Å². The van der Waals surface area contributed by atoms with Crippen molar-refractivity contribution in [1.82, 2.24) is 5.32 Å². The molecule has 1 rings (SSSR count). The van der Waals surface area contributed by atoms with Crippen molar-refractivity contribution in [2.45, 2.75) is 25.6 Å². The van der Waals surface area contributed by atoms with Crippen LogP contribution >= 0.6 is 0 Å². The Labute approximate surface area is 72.6 Å². The Morgan fingerprint density at radius 3 is 2.33 bits per heavy atom. The van der Waals surface area contributed by atoms with E-state index in [9.17, 15) is 4.39 Å². The molecule has 4 heteroatoms. The summed E-state index contributed by atoms with van der Waals surface area (Å²) in [5.74, 6) is 0.00347. The third-order valence-corrected chi connectivity index (χ3v) is 2.01. The molecule has 0 bridgehead atoms. The van der Waals surface area contributed by atoms with Crippen LogP contribution in [0.2, 0.25) is 0 Å². The van der Waals surface area contributed by atoms with Crippen molar-refractivity contribution in [1.29, 1.82) is 0 Å². The first-order chi connectivity index (χ1) is 5.70. The lowest BCUT2D eigenvalue weighted by molar-refractivity contribution is 0.0842. The van der Waals surface area contributed by atoms with Gasteiger partial charge in [-0.25, -0.2) is 4.39 Å². The molecule has 1 saturated heterocycles. The fraction of sp³-hybridized carbons (Fsp3) is 1.00. The molecule has 0 aromatic rings. The van der Waals surface area contributed by atoms with Crippen LogP contribution in [0.15, 0.2) is 0 Å². The smallest absolute Gasteiger partial charge is 0.101 e. The molecule has 3 atom stereocenters. The van der Waals surface area contributed by atoms with E-state index in [0.717, 1.165) is 7.11 Å². The van der Waals surface area contributed by atoms with Gasteiger partial charge in [0.25, 0.3) is 0 Å². The van der Waals surface area contributed by atoms with Gasteiger partial charge >= 0.3 is 0 Å². The second-order valence-electron chi connectivity index (χ2n) is 2.99. The van der Waals surface area contributed by atoms with E-state index in [2.05, 4.69) is 5.32 Å². The molecule has 1 fully saturated rings. The first kappa shape index (κ1) is 11.8. The highest BCUT2D eigenvalue weighted by Crippen LogP contribution is 2.16. The third-order valence-electron chi connectivity index (χ3n) is 2.01. The van der Waals surface area contributed by atoms with Crippen molar-refractivity contribution in [2.75, 3.05) is 20.2 Å². The molecule has 3 N–H and O–H groups in total. The molecule has 0 spiro atoms. The Morgan fingerprint density at radius 2 is 2.00 bits per heavy atom. The fourth-order valence-corrected chi connectivity index (χ4v) is 1.30. The van der Waals surface area contributed by atoms with E-state index in [1.54, 1.807) is 6.92 Å². The maximum Gasteiger partial charge on any atom is 0.101 e. The van der Waals surface area contributed by atoms with Gasteiger partial charge in [0.1, 0.15) is 6.17 Å². The van der Waals surface area contributed by atoms with Gasteiger partial charge in [-0.15, -0.1) is 0 Å². The predicted octanol–water partition coefficient (Wildman–Crippen LogP) is -0.0767. The van der Waals surface area contributed by atoms with Gasteiger partial charge in [-0.1, -0.05) is 0 Å². The van der Waals surface area contributed by atoms with E-state index in [4.69, 9.17) is 10.2 Å². The van der Waals surface area contributed by atoms with Crippen molar-refractivity contribution in [3.05, 3.63) is 0 Å². The number of β-amino-alcohol motifs (C(OH)–C–C–N with tert-alkyl or cyclic N) is 1. The lowest BCUT2D eigenvalue weighted by atomic mass is 9.94. The minimum Gasteiger partial charge on any atom is -0.400 e. The zero-order valence-electron chi connectivity index (χ0n) is 7.63. The number of aliphatic hydroxyl groups is 2. The van der Waals surface area contributed by atoms with Crippen molar-refractivity contribution in [3.63, 3.8) is 0 Å². The number of nitrogens with one attached hydrogen (secondary N) is 1. The van der Waals surface area contributed by atoms with Crippen LogP contribution in [0.5, 0.6) is 0 Å². The zero-order chi connectivity index (χ0) is 9.56. The van der Waals surface area contributed by atoms with E-state index in [1.165, 1.54) is 0 Å². The third kappa shape index (κ3) is 3.99. The Morgan fingerprint density at radius 1 is 1.42 bits per heavy atom. The number of rotatable bonds is 1. The highest BCUT2D eigenvalue weighted by Gasteiger charge is 2.23. The molecule has 0 aromatic heterocycles. The molecule has 3 unspecified atom stereocenters. The summed E-state index contributed by atoms with van der Waals surface area (Å²) in [7, 11) is 1.00. The molecule has 0 saturated carbocycles. The molecule has 74 valence electrons. The van der Waals surface area contributed by atoms with Gasteiger partial charge in [-0.2, -0.15) is 0 Å². The van der Waals surface area contributed by atoms with Crippen LogP contribution in [-0.2, 0) is 0 Å². The van der Waals surface area contributed by atoms with Crippen LogP contribution in [0.1, 0.15) is 13.3 Å². The second kappa shape index (κ2) is 6.34. The normalized spacial score (nSPS) is 31.8. The van der Waals surface area contributed by atoms with Gasteiger partial charge in [0, 0.05) is 26.1 Å². The molecule has 0 aliphatic carbocycles. The summed E-state index contributed by atoms with van der Waals surface area (Å²) in [5.41, 5.74) is 0. The molecule has 0 amide bonds. The minimum atomic E-state index is -0.803. The second-order valence-corrected chi connectivity index (χ2v) is 2.99. The predicted molar refractivity (Wildman–Crippen MR) is 45.7 cm³/mol. The Balaban J connectivity index is 0.000000561. The first-order valence-electron chi connectivity index (χ1n) is 4.17. The van der Waals surface area contributed by atoms with E-state index in [0.29, 0.717) is 19.5 Å². The number of hydrogen-bond donors (Lipinski definition) is 3. The number of halogens is 1. The molecule has 3 nitrogen and oxygen atoms in total.